The number of rotatable bonds is 2. The van der Waals surface area contributed by atoms with Gasteiger partial charge in [0, 0.05) is 5.92 Å². The van der Waals surface area contributed by atoms with E-state index in [9.17, 15) is 13.5 Å². The summed E-state index contributed by atoms with van der Waals surface area (Å²) >= 11 is 0. The molecular formula is C15H24O4S. The fourth-order valence-electron chi connectivity index (χ4n) is 3.55. The van der Waals surface area contributed by atoms with E-state index in [1.165, 1.54) is 5.57 Å². The molecule has 0 saturated heterocycles. The number of hydrogen-bond donors (Lipinski definition) is 2. The molecule has 0 aliphatic heterocycles. The molecule has 0 aromatic heterocycles. The highest BCUT2D eigenvalue weighted by molar-refractivity contribution is 7.88. The Hall–Kier alpha value is -0.650. The summed E-state index contributed by atoms with van der Waals surface area (Å²) in [5, 5.41) is 11.5. The summed E-state index contributed by atoms with van der Waals surface area (Å²) in [5.41, 5.74) is 1.22. The molecular weight excluding hydrogens is 276 g/mol. The predicted molar refractivity (Wildman–Crippen MR) is 78.6 cm³/mol. The van der Waals surface area contributed by atoms with Crippen LogP contribution in [0, 0.1) is 17.8 Å². The van der Waals surface area contributed by atoms with Gasteiger partial charge in [0.05, 0.1) is 11.0 Å². The van der Waals surface area contributed by atoms with Gasteiger partial charge in [-0.3, -0.25) is 4.55 Å². The summed E-state index contributed by atoms with van der Waals surface area (Å²) in [6.45, 7) is 6.05. The number of hydrogen-bond acceptors (Lipinski definition) is 3. The Kier molecular flexibility index (Phi) is 4.15. The van der Waals surface area contributed by atoms with Crippen molar-refractivity contribution in [3.8, 4) is 0 Å². The van der Waals surface area contributed by atoms with Gasteiger partial charge >= 0.3 is 0 Å². The zero-order valence-corrected chi connectivity index (χ0v) is 13.2. The quantitative estimate of drug-likeness (QED) is 0.607. The van der Waals surface area contributed by atoms with Gasteiger partial charge in [0.15, 0.2) is 0 Å². The Morgan fingerprint density at radius 1 is 1.40 bits per heavy atom. The first-order valence-corrected chi connectivity index (χ1v) is 8.71. The van der Waals surface area contributed by atoms with Crippen LogP contribution in [0.15, 0.2) is 22.6 Å². The molecule has 2 N–H and O–H groups in total. The third-order valence-corrected chi connectivity index (χ3v) is 5.33. The van der Waals surface area contributed by atoms with Crippen molar-refractivity contribution in [2.75, 3.05) is 0 Å². The summed E-state index contributed by atoms with van der Waals surface area (Å²) in [6.07, 6.45) is 5.00. The van der Waals surface area contributed by atoms with Crippen molar-refractivity contribution in [1.29, 1.82) is 0 Å². The van der Waals surface area contributed by atoms with Crippen molar-refractivity contribution in [2.24, 2.45) is 17.8 Å². The van der Waals surface area contributed by atoms with E-state index >= 15 is 0 Å². The van der Waals surface area contributed by atoms with Gasteiger partial charge in [-0.25, -0.2) is 0 Å². The van der Waals surface area contributed by atoms with Crippen molar-refractivity contribution in [2.45, 2.75) is 52.1 Å². The first-order chi connectivity index (χ1) is 9.10. The van der Waals surface area contributed by atoms with Crippen molar-refractivity contribution < 1.29 is 18.1 Å². The zero-order chi connectivity index (χ0) is 15.1. The second kappa shape index (κ2) is 5.28. The van der Waals surface area contributed by atoms with Crippen LogP contribution < -0.4 is 0 Å². The van der Waals surface area contributed by atoms with Gasteiger partial charge in [0.2, 0.25) is 0 Å². The molecule has 20 heavy (non-hydrogen) atoms. The van der Waals surface area contributed by atoms with Crippen LogP contribution in [0.1, 0.15) is 46.5 Å². The molecule has 0 unspecified atom stereocenters. The first kappa shape index (κ1) is 15.7. The van der Waals surface area contributed by atoms with Crippen LogP contribution in [0.4, 0.5) is 0 Å². The van der Waals surface area contributed by atoms with E-state index in [-0.39, 0.29) is 11.8 Å². The minimum Gasteiger partial charge on any atom is -0.390 e. The largest absolute Gasteiger partial charge is 0.390 e. The van der Waals surface area contributed by atoms with Gasteiger partial charge < -0.3 is 5.11 Å². The van der Waals surface area contributed by atoms with E-state index in [2.05, 4.69) is 19.9 Å². The minimum absolute atomic E-state index is 0.0168. The maximum absolute atomic E-state index is 11.2. The van der Waals surface area contributed by atoms with Crippen LogP contribution in [0.2, 0.25) is 0 Å². The van der Waals surface area contributed by atoms with Crippen LogP contribution in [0.3, 0.4) is 0 Å². The summed E-state index contributed by atoms with van der Waals surface area (Å²) in [4.78, 5) is 0. The molecule has 1 fully saturated rings. The average molecular weight is 300 g/mol. The topological polar surface area (TPSA) is 74.6 Å². The number of allylic oxidation sites excluding steroid dienone is 2. The Morgan fingerprint density at radius 2 is 2.05 bits per heavy atom. The Labute approximate surface area is 121 Å². The third-order valence-electron chi connectivity index (χ3n) is 4.73. The molecule has 0 aromatic rings. The lowest BCUT2D eigenvalue weighted by molar-refractivity contribution is 0.0330. The van der Waals surface area contributed by atoms with Crippen LogP contribution in [-0.4, -0.2) is 23.7 Å². The normalized spacial score (nSPS) is 36.9. The lowest BCUT2D eigenvalue weighted by Gasteiger charge is -2.27. The molecule has 0 spiro atoms. The Balaban J connectivity index is 2.44. The lowest BCUT2D eigenvalue weighted by Crippen LogP contribution is -2.30. The molecule has 2 aliphatic carbocycles. The molecule has 114 valence electrons. The second-order valence-corrected chi connectivity index (χ2v) is 7.90. The Bertz CT molecular complexity index is 540. The molecule has 3 atom stereocenters. The minimum atomic E-state index is -4.12. The van der Waals surface area contributed by atoms with Crippen LogP contribution in [0.5, 0.6) is 0 Å². The molecule has 0 amide bonds. The third kappa shape index (κ3) is 3.32. The fraction of sp³-hybridized carbons (Fsp3) is 0.733. The van der Waals surface area contributed by atoms with E-state index in [0.717, 1.165) is 23.8 Å². The molecule has 0 radical (unpaired) electrons. The van der Waals surface area contributed by atoms with E-state index < -0.39 is 15.7 Å². The molecule has 0 bridgehead atoms. The molecule has 5 heteroatoms. The summed E-state index contributed by atoms with van der Waals surface area (Å²) in [7, 11) is -4.12. The van der Waals surface area contributed by atoms with Crippen LogP contribution in [0.25, 0.3) is 0 Å². The van der Waals surface area contributed by atoms with Gasteiger partial charge in [0.1, 0.15) is 0 Å². The van der Waals surface area contributed by atoms with Crippen molar-refractivity contribution in [3.05, 3.63) is 22.6 Å². The van der Waals surface area contributed by atoms with Gasteiger partial charge in [-0.05, 0) is 44.4 Å². The van der Waals surface area contributed by atoms with E-state index in [0.29, 0.717) is 18.8 Å². The highest BCUT2D eigenvalue weighted by atomic mass is 32.2. The SMILES string of the molecule is CC(C)C1=C[C@H]2[C@H](CC[C@]2(C)O)/C(=C/S(=O)(=O)O)CC1. The monoisotopic (exact) mass is 300 g/mol. The van der Waals surface area contributed by atoms with Gasteiger partial charge in [-0.2, -0.15) is 8.42 Å². The van der Waals surface area contributed by atoms with E-state index in [4.69, 9.17) is 4.55 Å². The predicted octanol–water partition coefficient (Wildman–Crippen LogP) is 2.91. The average Bonchev–Trinajstić information content (AvgIpc) is 2.46. The molecule has 1 saturated carbocycles. The summed E-state index contributed by atoms with van der Waals surface area (Å²) in [5.74, 6) is 0.343. The zero-order valence-electron chi connectivity index (χ0n) is 12.3. The number of aliphatic hydroxyl groups is 1. The fourth-order valence-corrected chi connectivity index (χ4v) is 4.22. The Morgan fingerprint density at radius 3 is 2.60 bits per heavy atom. The first-order valence-electron chi connectivity index (χ1n) is 7.21. The summed E-state index contributed by atoms with van der Waals surface area (Å²) < 4.78 is 31.5. The number of fused-ring (bicyclic) bond motifs is 1. The standard InChI is InChI=1S/C15H24O4S/c1-10(2)11-4-5-12(9-20(17,18)19)13-6-7-15(3,16)14(13)8-11/h8-10,13-14,16H,4-7H2,1-3H3,(H,17,18,19)/b12-9+/t13-,14+,15+/m1/s1. The van der Waals surface area contributed by atoms with Gasteiger partial charge in [-0.15, -0.1) is 0 Å². The highest BCUT2D eigenvalue weighted by Crippen LogP contribution is 2.48. The van der Waals surface area contributed by atoms with Crippen LogP contribution >= 0.6 is 0 Å². The summed E-state index contributed by atoms with van der Waals surface area (Å²) in [6, 6.07) is 0. The van der Waals surface area contributed by atoms with E-state index in [1.807, 2.05) is 6.92 Å². The second-order valence-electron chi connectivity index (χ2n) is 6.63. The lowest BCUT2D eigenvalue weighted by atomic mass is 9.83. The van der Waals surface area contributed by atoms with Crippen molar-refractivity contribution in [1.82, 2.24) is 0 Å². The molecule has 0 aromatic carbocycles. The van der Waals surface area contributed by atoms with Crippen LogP contribution in [-0.2, 0) is 10.1 Å². The maximum atomic E-state index is 11.2. The smallest absolute Gasteiger partial charge is 0.287 e. The van der Waals surface area contributed by atoms with Crippen molar-refractivity contribution >= 4 is 10.1 Å². The molecule has 0 heterocycles. The van der Waals surface area contributed by atoms with Gasteiger partial charge in [-0.1, -0.05) is 31.1 Å². The molecule has 4 nitrogen and oxygen atoms in total. The van der Waals surface area contributed by atoms with Crippen molar-refractivity contribution in [3.63, 3.8) is 0 Å². The highest BCUT2D eigenvalue weighted by Gasteiger charge is 2.45. The van der Waals surface area contributed by atoms with Gasteiger partial charge in [0.25, 0.3) is 10.1 Å². The molecule has 2 rings (SSSR count). The maximum Gasteiger partial charge on any atom is 0.287 e. The molecule has 2 aliphatic rings. The van der Waals surface area contributed by atoms with E-state index in [1.54, 1.807) is 0 Å².